The SMILES string of the molecule is CNC(=O)[C@@H](Cc1ccccc1)N(Cc1ccc(Cl)c(Cl)c1)C(=O)CN(c1ccccc1C)S(C)(=O)=O. The monoisotopic (exact) mass is 561 g/mol. The van der Waals surface area contributed by atoms with Crippen molar-refractivity contribution in [1.82, 2.24) is 10.2 Å². The molecule has 0 heterocycles. The number of benzene rings is 3. The summed E-state index contributed by atoms with van der Waals surface area (Å²) < 4.78 is 26.6. The van der Waals surface area contributed by atoms with Crippen LogP contribution in [-0.4, -0.2) is 51.0 Å². The minimum atomic E-state index is -3.82. The number of carbonyl (C=O) groups is 2. The van der Waals surface area contributed by atoms with Gasteiger partial charge in [-0.3, -0.25) is 13.9 Å². The standard InChI is InChI=1S/C27H29Cl2N3O4S/c1-19-9-7-8-12-24(19)32(37(3,35)36)18-26(33)31(17-21-13-14-22(28)23(29)15-21)25(27(34)30-2)16-20-10-5-4-6-11-20/h4-15,25H,16-18H2,1-3H3,(H,30,34)/t25-/m1/s1. The van der Waals surface area contributed by atoms with Gasteiger partial charge in [0, 0.05) is 20.0 Å². The van der Waals surface area contributed by atoms with Gasteiger partial charge in [-0.2, -0.15) is 0 Å². The normalized spacial score (nSPS) is 12.0. The van der Waals surface area contributed by atoms with E-state index in [9.17, 15) is 18.0 Å². The maximum atomic E-state index is 13.9. The molecule has 0 saturated carbocycles. The molecule has 10 heteroatoms. The third kappa shape index (κ3) is 7.47. The van der Waals surface area contributed by atoms with E-state index >= 15 is 0 Å². The molecule has 0 fully saturated rings. The second kappa shape index (κ2) is 12.4. The molecule has 0 bridgehead atoms. The van der Waals surface area contributed by atoms with Gasteiger partial charge in [0.05, 0.1) is 22.0 Å². The Morgan fingerprint density at radius 1 is 0.919 bits per heavy atom. The van der Waals surface area contributed by atoms with Gasteiger partial charge in [-0.15, -0.1) is 0 Å². The van der Waals surface area contributed by atoms with Gasteiger partial charge in [-0.25, -0.2) is 8.42 Å². The molecule has 2 amide bonds. The number of hydrogen-bond donors (Lipinski definition) is 1. The molecule has 0 aliphatic heterocycles. The van der Waals surface area contributed by atoms with Crippen molar-refractivity contribution in [3.8, 4) is 0 Å². The fourth-order valence-corrected chi connectivity index (χ4v) is 5.22. The van der Waals surface area contributed by atoms with Crippen LogP contribution in [0.15, 0.2) is 72.8 Å². The first-order valence-corrected chi connectivity index (χ1v) is 14.1. The Kier molecular flexibility index (Phi) is 9.59. The van der Waals surface area contributed by atoms with Crippen LogP contribution in [0.2, 0.25) is 10.0 Å². The van der Waals surface area contributed by atoms with Crippen LogP contribution in [0, 0.1) is 6.92 Å². The summed E-state index contributed by atoms with van der Waals surface area (Å²) in [6.07, 6.45) is 1.28. The first-order chi connectivity index (χ1) is 17.5. The molecule has 0 radical (unpaired) electrons. The van der Waals surface area contributed by atoms with Gasteiger partial charge in [0.2, 0.25) is 21.8 Å². The van der Waals surface area contributed by atoms with E-state index in [2.05, 4.69) is 5.32 Å². The van der Waals surface area contributed by atoms with Gasteiger partial charge in [0.15, 0.2) is 0 Å². The zero-order valence-electron chi connectivity index (χ0n) is 20.8. The number of aryl methyl sites for hydroxylation is 1. The Hall–Kier alpha value is -3.07. The zero-order valence-corrected chi connectivity index (χ0v) is 23.1. The minimum Gasteiger partial charge on any atom is -0.357 e. The van der Waals surface area contributed by atoms with Crippen LogP contribution < -0.4 is 9.62 Å². The number of para-hydroxylation sites is 1. The Bertz CT molecular complexity index is 1370. The number of anilines is 1. The first-order valence-electron chi connectivity index (χ1n) is 11.5. The van der Waals surface area contributed by atoms with E-state index in [0.717, 1.165) is 16.1 Å². The quantitative estimate of drug-likeness (QED) is 0.396. The van der Waals surface area contributed by atoms with Crippen molar-refractivity contribution in [2.75, 3.05) is 24.2 Å². The van der Waals surface area contributed by atoms with Crippen LogP contribution in [0.3, 0.4) is 0 Å². The smallest absolute Gasteiger partial charge is 0.244 e. The molecule has 0 aliphatic rings. The van der Waals surface area contributed by atoms with Crippen LogP contribution in [-0.2, 0) is 32.6 Å². The number of carbonyl (C=O) groups excluding carboxylic acids is 2. The van der Waals surface area contributed by atoms with E-state index in [1.165, 1.54) is 11.9 Å². The van der Waals surface area contributed by atoms with Crippen LogP contribution in [0.5, 0.6) is 0 Å². The highest BCUT2D eigenvalue weighted by Gasteiger charge is 2.33. The first kappa shape index (κ1) is 28.5. The van der Waals surface area contributed by atoms with Crippen molar-refractivity contribution in [3.63, 3.8) is 0 Å². The average Bonchev–Trinajstić information content (AvgIpc) is 2.86. The number of likely N-dealkylation sites (N-methyl/N-ethyl adjacent to an activating group) is 1. The number of nitrogens with one attached hydrogen (secondary N) is 1. The summed E-state index contributed by atoms with van der Waals surface area (Å²) in [5.41, 5.74) is 2.59. The lowest BCUT2D eigenvalue weighted by Gasteiger charge is -2.33. The van der Waals surface area contributed by atoms with E-state index < -0.39 is 28.5 Å². The topological polar surface area (TPSA) is 86.8 Å². The Morgan fingerprint density at radius 2 is 1.57 bits per heavy atom. The number of amides is 2. The highest BCUT2D eigenvalue weighted by Crippen LogP contribution is 2.26. The van der Waals surface area contributed by atoms with Crippen molar-refractivity contribution in [2.45, 2.75) is 25.9 Å². The number of hydrogen-bond acceptors (Lipinski definition) is 4. The summed E-state index contributed by atoms with van der Waals surface area (Å²) in [6, 6.07) is 20.3. The fraction of sp³-hybridized carbons (Fsp3) is 0.259. The molecule has 7 nitrogen and oxygen atoms in total. The molecule has 37 heavy (non-hydrogen) atoms. The summed E-state index contributed by atoms with van der Waals surface area (Å²) in [4.78, 5) is 28.4. The third-order valence-corrected chi connectivity index (χ3v) is 7.78. The van der Waals surface area contributed by atoms with Crippen LogP contribution in [0.4, 0.5) is 5.69 Å². The van der Waals surface area contributed by atoms with Gasteiger partial charge >= 0.3 is 0 Å². The third-order valence-electron chi connectivity index (χ3n) is 5.92. The van der Waals surface area contributed by atoms with E-state index in [0.29, 0.717) is 26.9 Å². The molecular weight excluding hydrogens is 533 g/mol. The maximum absolute atomic E-state index is 13.9. The minimum absolute atomic E-state index is 0.0199. The number of sulfonamides is 1. The number of rotatable bonds is 10. The summed E-state index contributed by atoms with van der Waals surface area (Å²) in [5.74, 6) is -0.914. The second-order valence-corrected chi connectivity index (χ2v) is 11.4. The van der Waals surface area contributed by atoms with E-state index in [1.807, 2.05) is 30.3 Å². The Balaban J connectivity index is 2.05. The summed E-state index contributed by atoms with van der Waals surface area (Å²) in [6.45, 7) is 1.31. The van der Waals surface area contributed by atoms with E-state index in [-0.39, 0.29) is 18.9 Å². The largest absolute Gasteiger partial charge is 0.357 e. The molecule has 0 unspecified atom stereocenters. The number of halogens is 2. The fourth-order valence-electron chi connectivity index (χ4n) is 3.99. The highest BCUT2D eigenvalue weighted by molar-refractivity contribution is 7.92. The Morgan fingerprint density at radius 3 is 2.16 bits per heavy atom. The van der Waals surface area contributed by atoms with Crippen LogP contribution in [0.25, 0.3) is 0 Å². The van der Waals surface area contributed by atoms with Crippen molar-refractivity contribution >= 4 is 50.7 Å². The van der Waals surface area contributed by atoms with Crippen molar-refractivity contribution < 1.29 is 18.0 Å². The summed E-state index contributed by atoms with van der Waals surface area (Å²) in [5, 5.41) is 3.31. The van der Waals surface area contributed by atoms with Crippen LogP contribution >= 0.6 is 23.2 Å². The van der Waals surface area contributed by atoms with Crippen LogP contribution in [0.1, 0.15) is 16.7 Å². The van der Waals surface area contributed by atoms with Gasteiger partial charge in [0.25, 0.3) is 0 Å². The lowest BCUT2D eigenvalue weighted by atomic mass is 10.0. The molecule has 1 N–H and O–H groups in total. The van der Waals surface area contributed by atoms with E-state index in [4.69, 9.17) is 23.2 Å². The van der Waals surface area contributed by atoms with E-state index in [1.54, 1.807) is 49.4 Å². The van der Waals surface area contributed by atoms with Crippen molar-refractivity contribution in [2.24, 2.45) is 0 Å². The molecule has 3 aromatic rings. The molecular formula is C27H29Cl2N3O4S. The van der Waals surface area contributed by atoms with Gasteiger partial charge in [0.1, 0.15) is 12.6 Å². The summed E-state index contributed by atoms with van der Waals surface area (Å²) >= 11 is 12.3. The van der Waals surface area contributed by atoms with Crippen molar-refractivity contribution in [3.05, 3.63) is 99.5 Å². The molecule has 0 aromatic heterocycles. The molecule has 0 aliphatic carbocycles. The second-order valence-electron chi connectivity index (χ2n) is 8.65. The zero-order chi connectivity index (χ0) is 27.2. The lowest BCUT2D eigenvalue weighted by Crippen LogP contribution is -2.53. The molecule has 0 saturated heterocycles. The van der Waals surface area contributed by atoms with Crippen molar-refractivity contribution in [1.29, 1.82) is 0 Å². The predicted molar refractivity (Wildman–Crippen MR) is 148 cm³/mol. The summed E-state index contributed by atoms with van der Waals surface area (Å²) in [7, 11) is -2.32. The number of nitrogens with zero attached hydrogens (tertiary/aromatic N) is 2. The molecule has 3 aromatic carbocycles. The maximum Gasteiger partial charge on any atom is 0.244 e. The lowest BCUT2D eigenvalue weighted by molar-refractivity contribution is -0.139. The highest BCUT2D eigenvalue weighted by atomic mass is 35.5. The average molecular weight is 563 g/mol. The van der Waals surface area contributed by atoms with Gasteiger partial charge < -0.3 is 10.2 Å². The Labute approximate surface area is 228 Å². The van der Waals surface area contributed by atoms with Gasteiger partial charge in [-0.1, -0.05) is 77.8 Å². The molecule has 0 spiro atoms. The predicted octanol–water partition coefficient (Wildman–Crippen LogP) is 4.45. The molecule has 196 valence electrons. The molecule has 3 rings (SSSR count). The van der Waals surface area contributed by atoms with Gasteiger partial charge in [-0.05, 0) is 41.8 Å². The molecule has 1 atom stereocenters.